The summed E-state index contributed by atoms with van der Waals surface area (Å²) in [6.07, 6.45) is 0.0996. The number of aryl methyl sites for hydroxylation is 1. The van der Waals surface area contributed by atoms with Crippen LogP contribution in [0.15, 0.2) is 15.9 Å². The Kier molecular flexibility index (Phi) is 3.46. The number of amides is 1. The lowest BCUT2D eigenvalue weighted by molar-refractivity contribution is -0.145. The molecule has 2 aromatic rings. The summed E-state index contributed by atoms with van der Waals surface area (Å²) >= 11 is 1.49. The third-order valence-corrected chi connectivity index (χ3v) is 4.37. The molecular formula is C13H13N3O4S. The number of methoxy groups -OCH3 is 1. The molecule has 1 aliphatic rings. The number of nitrogens with zero attached hydrogens (tertiary/aromatic N) is 3. The quantitative estimate of drug-likeness (QED) is 0.801. The summed E-state index contributed by atoms with van der Waals surface area (Å²) in [5.74, 6) is -0.726. The number of anilines is 1. The highest BCUT2D eigenvalue weighted by Gasteiger charge is 2.38. The van der Waals surface area contributed by atoms with Gasteiger partial charge in [0.05, 0.1) is 17.9 Å². The van der Waals surface area contributed by atoms with Crippen molar-refractivity contribution >= 4 is 29.2 Å². The number of hydrogen-bond acceptors (Lipinski definition) is 7. The zero-order valence-electron chi connectivity index (χ0n) is 11.5. The van der Waals surface area contributed by atoms with E-state index in [1.807, 2.05) is 18.4 Å². The van der Waals surface area contributed by atoms with Gasteiger partial charge in [0.1, 0.15) is 0 Å². The average molecular weight is 307 g/mol. The van der Waals surface area contributed by atoms with Crippen LogP contribution in [0.5, 0.6) is 0 Å². The first-order valence-electron chi connectivity index (χ1n) is 6.36. The van der Waals surface area contributed by atoms with Crippen LogP contribution in [0.4, 0.5) is 6.01 Å². The number of hydrogen-bond donors (Lipinski definition) is 0. The summed E-state index contributed by atoms with van der Waals surface area (Å²) < 4.78 is 10.2. The fraction of sp³-hybridized carbons (Fsp3) is 0.385. The van der Waals surface area contributed by atoms with Gasteiger partial charge in [-0.05, 0) is 23.9 Å². The molecule has 1 saturated heterocycles. The van der Waals surface area contributed by atoms with Crippen molar-refractivity contribution in [2.75, 3.05) is 18.6 Å². The van der Waals surface area contributed by atoms with Gasteiger partial charge in [-0.1, -0.05) is 5.10 Å². The van der Waals surface area contributed by atoms with E-state index in [1.165, 1.54) is 23.3 Å². The van der Waals surface area contributed by atoms with Crippen molar-refractivity contribution in [1.82, 2.24) is 10.2 Å². The number of rotatable bonds is 3. The molecule has 0 aliphatic carbocycles. The molecule has 0 spiro atoms. The molecule has 1 fully saturated rings. The van der Waals surface area contributed by atoms with Crippen molar-refractivity contribution in [2.45, 2.75) is 13.3 Å². The maximum atomic E-state index is 12.0. The standard InChI is InChI=1S/C13H13N3O4S/c1-7-3-4-21-10(7)11-14-15-13(20-11)16-6-8(5-9(16)17)12(18)19-2/h3-4,8H,5-6H2,1-2H3. The number of carbonyl (C=O) groups is 2. The average Bonchev–Trinajstić information content (AvgIpc) is 3.16. The van der Waals surface area contributed by atoms with E-state index in [0.717, 1.165) is 10.4 Å². The second-order valence-electron chi connectivity index (χ2n) is 4.75. The minimum absolute atomic E-state index is 0.0996. The minimum Gasteiger partial charge on any atom is -0.469 e. The van der Waals surface area contributed by atoms with Gasteiger partial charge in [0.15, 0.2) is 0 Å². The van der Waals surface area contributed by atoms with Crippen molar-refractivity contribution in [2.24, 2.45) is 5.92 Å². The van der Waals surface area contributed by atoms with Crippen molar-refractivity contribution < 1.29 is 18.7 Å². The molecule has 3 heterocycles. The Morgan fingerprint density at radius 1 is 1.52 bits per heavy atom. The summed E-state index contributed by atoms with van der Waals surface area (Å²) in [6.45, 7) is 2.15. The monoisotopic (exact) mass is 307 g/mol. The highest BCUT2D eigenvalue weighted by molar-refractivity contribution is 7.13. The second-order valence-corrected chi connectivity index (χ2v) is 5.67. The van der Waals surface area contributed by atoms with Crippen LogP contribution in [-0.4, -0.2) is 35.7 Å². The van der Waals surface area contributed by atoms with E-state index in [0.29, 0.717) is 5.89 Å². The maximum absolute atomic E-state index is 12.0. The van der Waals surface area contributed by atoms with E-state index in [9.17, 15) is 9.59 Å². The molecule has 0 radical (unpaired) electrons. The molecule has 3 rings (SSSR count). The SMILES string of the molecule is COC(=O)C1CC(=O)N(c2nnc(-c3sccc3C)o2)C1. The summed E-state index contributed by atoms with van der Waals surface area (Å²) in [6, 6.07) is 2.08. The second kappa shape index (κ2) is 5.28. The molecule has 110 valence electrons. The van der Waals surface area contributed by atoms with Crippen molar-refractivity contribution in [3.63, 3.8) is 0 Å². The van der Waals surface area contributed by atoms with E-state index < -0.39 is 11.9 Å². The van der Waals surface area contributed by atoms with Crippen LogP contribution in [0.2, 0.25) is 0 Å². The van der Waals surface area contributed by atoms with Crippen LogP contribution < -0.4 is 4.90 Å². The Morgan fingerprint density at radius 2 is 2.33 bits per heavy atom. The lowest BCUT2D eigenvalue weighted by Crippen LogP contribution is -2.26. The predicted octanol–water partition coefficient (Wildman–Crippen LogP) is 1.63. The number of esters is 1. The van der Waals surface area contributed by atoms with E-state index in [-0.39, 0.29) is 24.9 Å². The first kappa shape index (κ1) is 13.7. The van der Waals surface area contributed by atoms with Crippen molar-refractivity contribution in [3.8, 4) is 10.8 Å². The zero-order valence-corrected chi connectivity index (χ0v) is 12.3. The third-order valence-electron chi connectivity index (χ3n) is 3.36. The zero-order chi connectivity index (χ0) is 15.0. The van der Waals surface area contributed by atoms with E-state index >= 15 is 0 Å². The number of carbonyl (C=O) groups excluding carboxylic acids is 2. The van der Waals surface area contributed by atoms with Crippen LogP contribution in [0.25, 0.3) is 10.8 Å². The van der Waals surface area contributed by atoms with Gasteiger partial charge in [0, 0.05) is 13.0 Å². The Bertz CT molecular complexity index is 693. The number of aromatic nitrogens is 2. The minimum atomic E-state index is -0.485. The number of thiophene rings is 1. The Hall–Kier alpha value is -2.22. The Labute approximate surface area is 124 Å². The van der Waals surface area contributed by atoms with Gasteiger partial charge < -0.3 is 9.15 Å². The van der Waals surface area contributed by atoms with Crippen LogP contribution in [-0.2, 0) is 14.3 Å². The molecule has 1 aliphatic heterocycles. The molecule has 1 unspecified atom stereocenters. The van der Waals surface area contributed by atoms with Crippen molar-refractivity contribution in [1.29, 1.82) is 0 Å². The van der Waals surface area contributed by atoms with Crippen LogP contribution >= 0.6 is 11.3 Å². The largest absolute Gasteiger partial charge is 0.469 e. The van der Waals surface area contributed by atoms with E-state index in [1.54, 1.807) is 0 Å². The smallest absolute Gasteiger partial charge is 0.325 e. The van der Waals surface area contributed by atoms with Crippen LogP contribution in [0.1, 0.15) is 12.0 Å². The van der Waals surface area contributed by atoms with Gasteiger partial charge in [0.2, 0.25) is 5.91 Å². The normalized spacial score (nSPS) is 18.3. The molecule has 0 N–H and O–H groups in total. The molecular weight excluding hydrogens is 294 g/mol. The highest BCUT2D eigenvalue weighted by Crippen LogP contribution is 2.31. The van der Waals surface area contributed by atoms with Gasteiger partial charge in [-0.25, -0.2) is 0 Å². The summed E-state index contributed by atoms with van der Waals surface area (Å²) in [5.41, 5.74) is 1.04. The Morgan fingerprint density at radius 3 is 3.00 bits per heavy atom. The molecule has 0 saturated carbocycles. The fourth-order valence-corrected chi connectivity index (χ4v) is 3.07. The molecule has 2 aromatic heterocycles. The summed E-state index contributed by atoms with van der Waals surface area (Å²) in [4.78, 5) is 25.7. The van der Waals surface area contributed by atoms with Crippen molar-refractivity contribution in [3.05, 3.63) is 17.0 Å². The highest BCUT2D eigenvalue weighted by atomic mass is 32.1. The van der Waals surface area contributed by atoms with Gasteiger partial charge in [0.25, 0.3) is 5.89 Å². The molecule has 0 aromatic carbocycles. The maximum Gasteiger partial charge on any atom is 0.325 e. The molecule has 1 atom stereocenters. The van der Waals surface area contributed by atoms with Crippen LogP contribution in [0.3, 0.4) is 0 Å². The molecule has 8 heteroatoms. The lowest BCUT2D eigenvalue weighted by Gasteiger charge is -2.09. The van der Waals surface area contributed by atoms with Crippen LogP contribution in [0, 0.1) is 12.8 Å². The third kappa shape index (κ3) is 2.42. The summed E-state index contributed by atoms with van der Waals surface area (Å²) in [7, 11) is 1.31. The summed E-state index contributed by atoms with van der Waals surface area (Å²) in [5, 5.41) is 9.81. The van der Waals surface area contributed by atoms with E-state index in [4.69, 9.17) is 4.42 Å². The predicted molar refractivity (Wildman–Crippen MR) is 74.8 cm³/mol. The molecule has 7 nitrogen and oxygen atoms in total. The molecule has 21 heavy (non-hydrogen) atoms. The molecule has 1 amide bonds. The first-order chi connectivity index (χ1) is 10.1. The Balaban J connectivity index is 1.82. The van der Waals surface area contributed by atoms with E-state index in [2.05, 4.69) is 14.9 Å². The lowest BCUT2D eigenvalue weighted by atomic mass is 10.1. The number of ether oxygens (including phenoxy) is 1. The van der Waals surface area contributed by atoms with Gasteiger partial charge in [-0.3, -0.25) is 14.5 Å². The van der Waals surface area contributed by atoms with Gasteiger partial charge in [-0.15, -0.1) is 16.4 Å². The topological polar surface area (TPSA) is 85.5 Å². The van der Waals surface area contributed by atoms with Gasteiger partial charge >= 0.3 is 12.0 Å². The molecule has 0 bridgehead atoms. The first-order valence-corrected chi connectivity index (χ1v) is 7.24. The fourth-order valence-electron chi connectivity index (χ4n) is 2.23. The van der Waals surface area contributed by atoms with Gasteiger partial charge in [-0.2, -0.15) is 0 Å².